The summed E-state index contributed by atoms with van der Waals surface area (Å²) in [7, 11) is -3.35. The van der Waals surface area contributed by atoms with Crippen molar-refractivity contribution in [3.05, 3.63) is 18.2 Å². The van der Waals surface area contributed by atoms with E-state index in [2.05, 4.69) is 20.3 Å². The summed E-state index contributed by atoms with van der Waals surface area (Å²) in [6.07, 6.45) is 1.07. The van der Waals surface area contributed by atoms with Gasteiger partial charge in [0.05, 0.1) is 16.5 Å². The van der Waals surface area contributed by atoms with Crippen LogP contribution in [0.3, 0.4) is 0 Å². The van der Waals surface area contributed by atoms with E-state index >= 15 is 0 Å². The van der Waals surface area contributed by atoms with Gasteiger partial charge in [0.15, 0.2) is 5.13 Å². The third-order valence-electron chi connectivity index (χ3n) is 2.59. The van der Waals surface area contributed by atoms with Crippen LogP contribution in [0, 0.1) is 5.92 Å². The van der Waals surface area contributed by atoms with Gasteiger partial charge in [-0.25, -0.2) is 18.2 Å². The fourth-order valence-corrected chi connectivity index (χ4v) is 3.42. The lowest BCUT2D eigenvalue weighted by molar-refractivity contribution is 0.251. The average Bonchev–Trinajstić information content (AvgIpc) is 2.75. The van der Waals surface area contributed by atoms with E-state index in [-0.39, 0.29) is 6.03 Å². The van der Waals surface area contributed by atoms with Gasteiger partial charge in [-0.15, -0.1) is 0 Å². The normalized spacial score (nSPS) is 11.6. The molecule has 7 nitrogen and oxygen atoms in total. The first kappa shape index (κ1) is 16.5. The maximum atomic E-state index is 11.7. The number of aromatic nitrogens is 1. The molecule has 0 saturated heterocycles. The third kappa shape index (κ3) is 4.85. The van der Waals surface area contributed by atoms with Gasteiger partial charge in [-0.3, -0.25) is 4.72 Å². The zero-order valence-electron chi connectivity index (χ0n) is 12.5. The molecule has 0 aliphatic heterocycles. The van der Waals surface area contributed by atoms with E-state index in [4.69, 9.17) is 0 Å². The summed E-state index contributed by atoms with van der Waals surface area (Å²) in [6, 6.07) is 4.95. The zero-order valence-corrected chi connectivity index (χ0v) is 14.1. The number of nitrogens with zero attached hydrogens (tertiary/aromatic N) is 1. The van der Waals surface area contributed by atoms with Gasteiger partial charge in [0.25, 0.3) is 0 Å². The molecule has 2 amide bonds. The minimum Gasteiger partial charge on any atom is -0.338 e. The number of urea groups is 1. The van der Waals surface area contributed by atoms with E-state index in [9.17, 15) is 13.2 Å². The van der Waals surface area contributed by atoms with Crippen LogP contribution in [-0.2, 0) is 10.0 Å². The number of fused-ring (bicyclic) bond motifs is 1. The van der Waals surface area contributed by atoms with E-state index < -0.39 is 10.0 Å². The molecule has 0 unspecified atom stereocenters. The van der Waals surface area contributed by atoms with Crippen molar-refractivity contribution in [3.8, 4) is 0 Å². The van der Waals surface area contributed by atoms with Crippen LogP contribution < -0.4 is 15.4 Å². The Morgan fingerprint density at radius 1 is 1.36 bits per heavy atom. The lowest BCUT2D eigenvalue weighted by atomic mass is 10.2. The molecule has 0 bridgehead atoms. The number of rotatable bonds is 5. The highest BCUT2D eigenvalue weighted by atomic mass is 32.2. The van der Waals surface area contributed by atoms with Crippen LogP contribution in [0.1, 0.15) is 13.8 Å². The topological polar surface area (TPSA) is 100 Å². The smallest absolute Gasteiger partial charge is 0.319 e. The molecule has 1 aromatic carbocycles. The number of thiazole rings is 1. The van der Waals surface area contributed by atoms with E-state index in [0.717, 1.165) is 11.0 Å². The van der Waals surface area contributed by atoms with E-state index in [1.165, 1.54) is 11.3 Å². The average molecular weight is 342 g/mol. The molecule has 0 radical (unpaired) electrons. The molecule has 1 aromatic heterocycles. The Hall–Kier alpha value is -1.87. The molecule has 0 saturated carbocycles. The Balaban J connectivity index is 2.11. The first-order valence-corrected chi connectivity index (χ1v) is 9.37. The molecule has 2 aromatic rings. The van der Waals surface area contributed by atoms with Crippen LogP contribution in [0.4, 0.5) is 15.6 Å². The van der Waals surface area contributed by atoms with Crippen molar-refractivity contribution < 1.29 is 13.2 Å². The predicted molar refractivity (Wildman–Crippen MR) is 89.9 cm³/mol. The van der Waals surface area contributed by atoms with Crippen LogP contribution in [0.15, 0.2) is 18.2 Å². The van der Waals surface area contributed by atoms with Gasteiger partial charge in [0.2, 0.25) is 10.0 Å². The third-order valence-corrected chi connectivity index (χ3v) is 4.22. The second-order valence-corrected chi connectivity index (χ2v) is 8.08. The Morgan fingerprint density at radius 3 is 2.73 bits per heavy atom. The van der Waals surface area contributed by atoms with Gasteiger partial charge in [-0.2, -0.15) is 0 Å². The van der Waals surface area contributed by atoms with E-state index in [1.807, 2.05) is 13.8 Å². The van der Waals surface area contributed by atoms with Crippen molar-refractivity contribution >= 4 is 48.4 Å². The number of benzene rings is 1. The standard InChI is InChI=1S/C13H18N4O3S2/c1-8(2)7-14-12(18)15-9-4-5-10-11(6-9)21-13(16-10)17-22(3,19)20/h4-6,8H,7H2,1-3H3,(H,16,17)(H2,14,15,18). The summed E-state index contributed by atoms with van der Waals surface area (Å²) in [5, 5.41) is 5.80. The van der Waals surface area contributed by atoms with Crippen LogP contribution in [-0.4, -0.2) is 32.2 Å². The van der Waals surface area contributed by atoms with Crippen LogP contribution in [0.5, 0.6) is 0 Å². The first-order valence-electron chi connectivity index (χ1n) is 6.66. The molecule has 120 valence electrons. The fourth-order valence-electron chi connectivity index (χ4n) is 1.68. The van der Waals surface area contributed by atoms with Crippen molar-refractivity contribution in [2.24, 2.45) is 5.92 Å². The minimum atomic E-state index is -3.35. The number of nitrogens with one attached hydrogen (secondary N) is 3. The van der Waals surface area contributed by atoms with Gasteiger partial charge in [-0.1, -0.05) is 25.2 Å². The molecular formula is C13H18N4O3S2. The van der Waals surface area contributed by atoms with E-state index in [0.29, 0.717) is 28.8 Å². The van der Waals surface area contributed by atoms with Crippen molar-refractivity contribution in [3.63, 3.8) is 0 Å². The Labute approximate surface area is 133 Å². The van der Waals surface area contributed by atoms with Crippen molar-refractivity contribution in [2.45, 2.75) is 13.8 Å². The molecule has 0 atom stereocenters. The molecule has 0 spiro atoms. The molecule has 9 heteroatoms. The first-order chi connectivity index (χ1) is 10.2. The number of carbonyl (C=O) groups excluding carboxylic acids is 1. The molecule has 2 rings (SSSR count). The van der Waals surface area contributed by atoms with Crippen LogP contribution in [0.2, 0.25) is 0 Å². The zero-order chi connectivity index (χ0) is 16.3. The van der Waals surface area contributed by atoms with Gasteiger partial charge < -0.3 is 10.6 Å². The quantitative estimate of drug-likeness (QED) is 0.777. The monoisotopic (exact) mass is 342 g/mol. The molecule has 1 heterocycles. The van der Waals surface area contributed by atoms with Crippen LogP contribution in [0.25, 0.3) is 10.2 Å². The van der Waals surface area contributed by atoms with Crippen molar-refractivity contribution in [1.29, 1.82) is 0 Å². The largest absolute Gasteiger partial charge is 0.338 e. The Morgan fingerprint density at radius 2 is 2.09 bits per heavy atom. The fraction of sp³-hybridized carbons (Fsp3) is 0.385. The predicted octanol–water partition coefficient (Wildman–Crippen LogP) is 2.45. The number of carbonyl (C=O) groups is 1. The minimum absolute atomic E-state index is 0.271. The second-order valence-electron chi connectivity index (χ2n) is 5.30. The van der Waals surface area contributed by atoms with Crippen LogP contribution >= 0.6 is 11.3 Å². The van der Waals surface area contributed by atoms with Crippen molar-refractivity contribution in [1.82, 2.24) is 10.3 Å². The number of hydrogen-bond acceptors (Lipinski definition) is 5. The molecule has 0 aliphatic rings. The summed E-state index contributed by atoms with van der Waals surface area (Å²) >= 11 is 1.21. The number of sulfonamides is 1. The number of amides is 2. The maximum Gasteiger partial charge on any atom is 0.319 e. The molecule has 0 aliphatic carbocycles. The van der Waals surface area contributed by atoms with Gasteiger partial charge in [0, 0.05) is 12.2 Å². The summed E-state index contributed by atoms with van der Waals surface area (Å²) in [4.78, 5) is 15.9. The molecular weight excluding hydrogens is 324 g/mol. The second kappa shape index (κ2) is 6.49. The highest BCUT2D eigenvalue weighted by Gasteiger charge is 2.09. The molecule has 22 heavy (non-hydrogen) atoms. The van der Waals surface area contributed by atoms with Crippen molar-refractivity contribution in [2.75, 3.05) is 22.8 Å². The van der Waals surface area contributed by atoms with Gasteiger partial charge in [0.1, 0.15) is 0 Å². The lowest BCUT2D eigenvalue weighted by Gasteiger charge is -2.09. The summed E-state index contributed by atoms with van der Waals surface area (Å²) in [6.45, 7) is 4.62. The SMILES string of the molecule is CC(C)CNC(=O)Nc1ccc2nc(NS(C)(=O)=O)sc2c1. The Kier molecular flexibility index (Phi) is 4.87. The molecule has 3 N–H and O–H groups in total. The molecule has 0 fully saturated rings. The maximum absolute atomic E-state index is 11.7. The highest BCUT2D eigenvalue weighted by molar-refractivity contribution is 7.92. The number of hydrogen-bond donors (Lipinski definition) is 3. The summed E-state index contributed by atoms with van der Waals surface area (Å²) < 4.78 is 25.5. The van der Waals surface area contributed by atoms with E-state index in [1.54, 1.807) is 18.2 Å². The van der Waals surface area contributed by atoms with Gasteiger partial charge in [-0.05, 0) is 24.1 Å². The number of anilines is 2. The van der Waals surface area contributed by atoms with Gasteiger partial charge >= 0.3 is 6.03 Å². The highest BCUT2D eigenvalue weighted by Crippen LogP contribution is 2.28. The Bertz CT molecular complexity index is 784. The summed E-state index contributed by atoms with van der Waals surface area (Å²) in [5.41, 5.74) is 1.30. The summed E-state index contributed by atoms with van der Waals surface area (Å²) in [5.74, 6) is 0.374. The lowest BCUT2D eigenvalue weighted by Crippen LogP contribution is -2.31.